The molecule has 1 amide bonds. The van der Waals surface area contributed by atoms with Crippen molar-refractivity contribution >= 4 is 39.0 Å². The Hall–Kier alpha value is -2.66. The Kier molecular flexibility index (Phi) is 4.01. The highest BCUT2D eigenvalue weighted by Gasteiger charge is 2.23. The Morgan fingerprint density at radius 1 is 1.00 bits per heavy atom. The minimum absolute atomic E-state index is 0.160. The van der Waals surface area contributed by atoms with Gasteiger partial charge in [-0.2, -0.15) is 0 Å². The third-order valence-corrected chi connectivity index (χ3v) is 5.84. The van der Waals surface area contributed by atoms with E-state index in [0.29, 0.717) is 10.6 Å². The van der Waals surface area contributed by atoms with Crippen molar-refractivity contribution < 1.29 is 14.7 Å². The van der Waals surface area contributed by atoms with Crippen molar-refractivity contribution in [3.8, 4) is 0 Å². The van der Waals surface area contributed by atoms with Crippen molar-refractivity contribution in [2.45, 2.75) is 25.7 Å². The van der Waals surface area contributed by atoms with Crippen LogP contribution in [0.1, 0.15) is 44.0 Å². The number of nitrogens with one attached hydrogen (secondary N) is 1. The van der Waals surface area contributed by atoms with Gasteiger partial charge in [-0.15, -0.1) is 11.3 Å². The fourth-order valence-electron chi connectivity index (χ4n) is 3.46. The number of hydrogen-bond donors (Lipinski definition) is 1. The van der Waals surface area contributed by atoms with Gasteiger partial charge in [0.15, 0.2) is 0 Å². The first-order valence-corrected chi connectivity index (χ1v) is 9.12. The molecule has 25 heavy (non-hydrogen) atoms. The number of carbonyl (C=O) groups is 2. The van der Waals surface area contributed by atoms with E-state index < -0.39 is 5.97 Å². The van der Waals surface area contributed by atoms with Crippen LogP contribution in [-0.2, 0) is 12.8 Å². The van der Waals surface area contributed by atoms with Crippen molar-refractivity contribution in [1.29, 1.82) is 0 Å². The van der Waals surface area contributed by atoms with Crippen LogP contribution in [0.4, 0.5) is 5.00 Å². The highest BCUT2D eigenvalue weighted by molar-refractivity contribution is 7.17. The normalized spacial score (nSPS) is 13.4. The Balaban J connectivity index is 1.74. The molecule has 0 saturated carbocycles. The molecule has 1 aliphatic carbocycles. The summed E-state index contributed by atoms with van der Waals surface area (Å²) in [5.74, 6) is -1.51. The predicted molar refractivity (Wildman–Crippen MR) is 97.2 cm³/mol. The predicted octanol–water partition coefficient (Wildman–Crippen LogP) is 3.40. The summed E-state index contributed by atoms with van der Waals surface area (Å²) >= 11 is 1.37. The van der Waals surface area contributed by atoms with Crippen molar-refractivity contribution in [3.63, 3.8) is 0 Å². The second kappa shape index (κ2) is 6.33. The van der Waals surface area contributed by atoms with E-state index in [4.69, 9.17) is 0 Å². The van der Waals surface area contributed by atoms with Crippen LogP contribution in [0.5, 0.6) is 0 Å². The van der Waals surface area contributed by atoms with E-state index >= 15 is 0 Å². The zero-order valence-corrected chi connectivity index (χ0v) is 14.3. The Morgan fingerprint density at radius 2 is 1.76 bits per heavy atom. The van der Waals surface area contributed by atoms with E-state index in [1.807, 2.05) is 36.4 Å². The second-order valence-corrected chi connectivity index (χ2v) is 7.29. The zero-order chi connectivity index (χ0) is 17.4. The number of hydrogen-bond acceptors (Lipinski definition) is 4. The molecule has 0 spiro atoms. The maximum Gasteiger partial charge on any atom is 0.256 e. The number of carboxylic acid groups (broad SMARTS) is 1. The van der Waals surface area contributed by atoms with Gasteiger partial charge in [-0.1, -0.05) is 36.4 Å². The first-order valence-electron chi connectivity index (χ1n) is 8.30. The Bertz CT molecular complexity index is 985. The molecule has 0 radical (unpaired) electrons. The van der Waals surface area contributed by atoms with E-state index in [2.05, 4.69) is 5.32 Å². The van der Waals surface area contributed by atoms with Crippen LogP contribution in [0.3, 0.4) is 0 Å². The second-order valence-electron chi connectivity index (χ2n) is 6.18. The molecule has 0 atom stereocenters. The summed E-state index contributed by atoms with van der Waals surface area (Å²) in [4.78, 5) is 25.5. The standard InChI is InChI=1S/C20H17NO3S/c22-18(14-10-5-7-12-6-1-2-8-13(12)14)21-19-17(20(23)24)15-9-3-4-11-16(15)25-19/h1-2,5-8,10H,3-4,9,11H2,(H,21,22)(H,23,24)/p-1. The summed E-state index contributed by atoms with van der Waals surface area (Å²) in [6, 6.07) is 13.2. The summed E-state index contributed by atoms with van der Waals surface area (Å²) in [7, 11) is 0. The molecule has 3 aromatic rings. The molecule has 0 saturated heterocycles. The average Bonchev–Trinajstić information content (AvgIpc) is 2.99. The van der Waals surface area contributed by atoms with Gasteiger partial charge in [0.05, 0.1) is 5.97 Å². The lowest BCUT2D eigenvalue weighted by atomic mass is 9.95. The fraction of sp³-hybridized carbons (Fsp3) is 0.200. The summed E-state index contributed by atoms with van der Waals surface area (Å²) in [6.07, 6.45) is 3.63. The van der Waals surface area contributed by atoms with Crippen LogP contribution in [0.25, 0.3) is 10.8 Å². The van der Waals surface area contributed by atoms with E-state index in [1.54, 1.807) is 6.07 Å². The van der Waals surface area contributed by atoms with Gasteiger partial charge in [-0.3, -0.25) is 4.79 Å². The third-order valence-electron chi connectivity index (χ3n) is 4.64. The SMILES string of the molecule is O=C([O-])c1c(NC(=O)c2cccc3ccccc23)sc2c1CCCC2. The number of fused-ring (bicyclic) bond motifs is 2. The maximum absolute atomic E-state index is 12.8. The molecule has 2 aromatic carbocycles. The first-order chi connectivity index (χ1) is 12.1. The zero-order valence-electron chi connectivity index (χ0n) is 13.5. The number of carbonyl (C=O) groups excluding carboxylic acids is 2. The molecule has 0 aliphatic heterocycles. The quantitative estimate of drug-likeness (QED) is 0.787. The molecule has 126 valence electrons. The summed E-state index contributed by atoms with van der Waals surface area (Å²) in [5.41, 5.74) is 1.53. The van der Waals surface area contributed by atoms with Crippen LogP contribution >= 0.6 is 11.3 Å². The third kappa shape index (κ3) is 2.81. The van der Waals surface area contributed by atoms with Gasteiger partial charge < -0.3 is 15.2 Å². The monoisotopic (exact) mass is 350 g/mol. The van der Waals surface area contributed by atoms with Crippen molar-refractivity contribution in [2.24, 2.45) is 0 Å². The van der Waals surface area contributed by atoms with Gasteiger partial charge in [0.2, 0.25) is 0 Å². The molecule has 0 fully saturated rings. The van der Waals surface area contributed by atoms with Crippen LogP contribution in [-0.4, -0.2) is 11.9 Å². The highest BCUT2D eigenvalue weighted by atomic mass is 32.1. The number of carboxylic acids is 1. The maximum atomic E-state index is 12.8. The molecule has 0 unspecified atom stereocenters. The number of aryl methyl sites for hydroxylation is 1. The minimum Gasteiger partial charge on any atom is -0.545 e. The molecular formula is C20H16NO3S-. The van der Waals surface area contributed by atoms with Crippen molar-refractivity contribution in [3.05, 3.63) is 64.0 Å². The average molecular weight is 350 g/mol. The molecule has 5 heteroatoms. The summed E-state index contributed by atoms with van der Waals surface area (Å²) in [5, 5.41) is 16.7. The van der Waals surface area contributed by atoms with Crippen LogP contribution in [0, 0.1) is 0 Å². The first kappa shape index (κ1) is 15.8. The molecule has 4 rings (SSSR count). The number of aromatic carboxylic acids is 1. The number of anilines is 1. The number of rotatable bonds is 3. The molecule has 1 heterocycles. The highest BCUT2D eigenvalue weighted by Crippen LogP contribution is 2.38. The fourth-order valence-corrected chi connectivity index (χ4v) is 4.74. The lowest BCUT2D eigenvalue weighted by Gasteiger charge is -2.13. The molecule has 1 aliphatic rings. The molecule has 0 bridgehead atoms. The van der Waals surface area contributed by atoms with Crippen molar-refractivity contribution in [2.75, 3.05) is 5.32 Å². The van der Waals surface area contributed by atoms with E-state index in [0.717, 1.165) is 46.9 Å². The van der Waals surface area contributed by atoms with Gasteiger partial charge >= 0.3 is 0 Å². The molecule has 1 N–H and O–H groups in total. The van der Waals surface area contributed by atoms with Gasteiger partial charge in [0.25, 0.3) is 5.91 Å². The topological polar surface area (TPSA) is 69.2 Å². The number of thiophene rings is 1. The van der Waals surface area contributed by atoms with Gasteiger partial charge in [0.1, 0.15) is 5.00 Å². The summed E-state index contributed by atoms with van der Waals surface area (Å²) < 4.78 is 0. The molecule has 4 nitrogen and oxygen atoms in total. The Labute approximate surface area is 149 Å². The lowest BCUT2D eigenvalue weighted by Crippen LogP contribution is -2.25. The minimum atomic E-state index is -1.22. The molecular weight excluding hydrogens is 334 g/mol. The van der Waals surface area contributed by atoms with Crippen LogP contribution in [0.15, 0.2) is 42.5 Å². The lowest BCUT2D eigenvalue weighted by molar-refractivity contribution is -0.254. The van der Waals surface area contributed by atoms with E-state index in [-0.39, 0.29) is 11.5 Å². The summed E-state index contributed by atoms with van der Waals surface area (Å²) in [6.45, 7) is 0. The van der Waals surface area contributed by atoms with E-state index in [1.165, 1.54) is 11.3 Å². The van der Waals surface area contributed by atoms with Gasteiger partial charge in [-0.25, -0.2) is 0 Å². The number of benzene rings is 2. The molecule has 1 aromatic heterocycles. The van der Waals surface area contributed by atoms with Gasteiger partial charge in [-0.05, 0) is 48.1 Å². The number of amides is 1. The van der Waals surface area contributed by atoms with Crippen molar-refractivity contribution in [1.82, 2.24) is 0 Å². The largest absolute Gasteiger partial charge is 0.545 e. The smallest absolute Gasteiger partial charge is 0.256 e. The van der Waals surface area contributed by atoms with Crippen LogP contribution < -0.4 is 10.4 Å². The van der Waals surface area contributed by atoms with Gasteiger partial charge in [0, 0.05) is 16.0 Å². The van der Waals surface area contributed by atoms with E-state index in [9.17, 15) is 14.7 Å². The van der Waals surface area contributed by atoms with Crippen LogP contribution in [0.2, 0.25) is 0 Å². The Morgan fingerprint density at radius 3 is 2.60 bits per heavy atom.